The number of hydrogen-bond acceptors (Lipinski definition) is 5. The molecule has 0 heterocycles. The van der Waals surface area contributed by atoms with E-state index in [1.165, 1.54) is 0 Å². The molecule has 0 unspecified atom stereocenters. The van der Waals surface area contributed by atoms with E-state index < -0.39 is 5.97 Å². The van der Waals surface area contributed by atoms with Gasteiger partial charge >= 0.3 is 5.97 Å². The van der Waals surface area contributed by atoms with Crippen LogP contribution in [0.5, 0.6) is 0 Å². The van der Waals surface area contributed by atoms with Gasteiger partial charge in [0.25, 0.3) is 11.8 Å². The van der Waals surface area contributed by atoms with Gasteiger partial charge in [-0.3, -0.25) is 14.4 Å². The maximum atomic E-state index is 12.5. The molecule has 7 nitrogen and oxygen atoms in total. The van der Waals surface area contributed by atoms with Crippen molar-refractivity contribution in [3.05, 3.63) is 101 Å². The number of anilines is 1. The van der Waals surface area contributed by atoms with Gasteiger partial charge in [-0.1, -0.05) is 60.7 Å². The van der Waals surface area contributed by atoms with E-state index in [4.69, 9.17) is 22.7 Å². The summed E-state index contributed by atoms with van der Waals surface area (Å²) >= 11 is 4.94. The van der Waals surface area contributed by atoms with Gasteiger partial charge in [-0.25, -0.2) is 0 Å². The minimum atomic E-state index is -0.403. The monoisotopic (exact) mass is 461 g/mol. The highest BCUT2D eigenvalue weighted by atomic mass is 32.1. The van der Waals surface area contributed by atoms with Crippen LogP contribution in [0.3, 0.4) is 0 Å². The summed E-state index contributed by atoms with van der Waals surface area (Å²) in [6, 6.07) is 22.5. The number of hydrogen-bond donors (Lipinski definition) is 3. The molecule has 0 saturated carbocycles. The molecule has 0 saturated heterocycles. The van der Waals surface area contributed by atoms with E-state index in [0.29, 0.717) is 22.4 Å². The number of rotatable bonds is 9. The Morgan fingerprint density at radius 1 is 0.818 bits per heavy atom. The van der Waals surface area contributed by atoms with Crippen LogP contribution in [0.1, 0.15) is 38.3 Å². The molecular formula is C25H23N3O4S. The molecule has 4 N–H and O–H groups in total. The van der Waals surface area contributed by atoms with Crippen LogP contribution in [0, 0.1) is 0 Å². The summed E-state index contributed by atoms with van der Waals surface area (Å²) < 4.78 is 5.19. The van der Waals surface area contributed by atoms with E-state index >= 15 is 0 Å². The van der Waals surface area contributed by atoms with Crippen LogP contribution in [0.15, 0.2) is 78.9 Å². The molecule has 0 radical (unpaired) electrons. The Bertz CT molecular complexity index is 1170. The molecule has 0 spiro atoms. The molecule has 0 aromatic heterocycles. The van der Waals surface area contributed by atoms with E-state index in [9.17, 15) is 14.4 Å². The Morgan fingerprint density at radius 3 is 2.21 bits per heavy atom. The number of nitrogens with two attached hydrogens (primary N) is 1. The molecule has 0 aliphatic rings. The minimum absolute atomic E-state index is 0.0499. The smallest absolute Gasteiger partial charge is 0.307 e. The van der Waals surface area contributed by atoms with Crippen LogP contribution in [-0.4, -0.2) is 29.3 Å². The molecule has 168 valence electrons. The average Bonchev–Trinajstić information content (AvgIpc) is 2.83. The second-order valence-electron chi connectivity index (χ2n) is 7.13. The Balaban J connectivity index is 1.49. The summed E-state index contributed by atoms with van der Waals surface area (Å²) in [6.45, 7) is 0.324. The summed E-state index contributed by atoms with van der Waals surface area (Å²) in [5, 5.41) is 5.43. The van der Waals surface area contributed by atoms with Gasteiger partial charge in [0.15, 0.2) is 0 Å². The number of carbonyl (C=O) groups is 3. The zero-order valence-electron chi connectivity index (χ0n) is 17.7. The highest BCUT2D eigenvalue weighted by Gasteiger charge is 2.11. The van der Waals surface area contributed by atoms with Gasteiger partial charge in [-0.05, 0) is 35.9 Å². The molecule has 3 rings (SSSR count). The molecule has 0 aliphatic carbocycles. The normalized spacial score (nSPS) is 10.2. The number of benzene rings is 3. The molecule has 3 aromatic rings. The van der Waals surface area contributed by atoms with Gasteiger partial charge in [-0.2, -0.15) is 0 Å². The van der Waals surface area contributed by atoms with Crippen molar-refractivity contribution in [1.29, 1.82) is 0 Å². The van der Waals surface area contributed by atoms with Crippen molar-refractivity contribution in [2.75, 3.05) is 11.9 Å². The average molecular weight is 462 g/mol. The fourth-order valence-corrected chi connectivity index (χ4v) is 3.07. The van der Waals surface area contributed by atoms with Gasteiger partial charge in [0.2, 0.25) is 0 Å². The van der Waals surface area contributed by atoms with Gasteiger partial charge in [0.05, 0.1) is 6.42 Å². The third-order valence-electron chi connectivity index (χ3n) is 4.65. The van der Waals surface area contributed by atoms with Crippen molar-refractivity contribution in [3.63, 3.8) is 0 Å². The molecule has 2 amide bonds. The summed E-state index contributed by atoms with van der Waals surface area (Å²) in [5.41, 5.74) is 8.30. The highest BCUT2D eigenvalue weighted by molar-refractivity contribution is 7.80. The summed E-state index contributed by atoms with van der Waals surface area (Å²) in [4.78, 5) is 37.0. The van der Waals surface area contributed by atoms with Crippen LogP contribution in [0.4, 0.5) is 5.69 Å². The second-order valence-corrected chi connectivity index (χ2v) is 7.57. The van der Waals surface area contributed by atoms with Crippen molar-refractivity contribution in [3.8, 4) is 0 Å². The predicted octanol–water partition coefficient (Wildman–Crippen LogP) is 3.44. The van der Waals surface area contributed by atoms with Crippen molar-refractivity contribution in [2.24, 2.45) is 5.73 Å². The second kappa shape index (κ2) is 11.5. The van der Waals surface area contributed by atoms with E-state index in [1.807, 2.05) is 30.3 Å². The quantitative estimate of drug-likeness (QED) is 0.333. The van der Waals surface area contributed by atoms with Crippen LogP contribution >= 0.6 is 12.2 Å². The lowest BCUT2D eigenvalue weighted by Crippen LogP contribution is -2.26. The number of carbonyl (C=O) groups excluding carboxylic acids is 3. The van der Waals surface area contributed by atoms with E-state index in [1.54, 1.807) is 48.5 Å². The van der Waals surface area contributed by atoms with Crippen LogP contribution < -0.4 is 16.4 Å². The first kappa shape index (κ1) is 23.6. The number of amides is 2. The lowest BCUT2D eigenvalue weighted by atomic mass is 10.1. The van der Waals surface area contributed by atoms with Gasteiger partial charge < -0.3 is 21.1 Å². The van der Waals surface area contributed by atoms with Crippen molar-refractivity contribution >= 4 is 40.7 Å². The van der Waals surface area contributed by atoms with Crippen molar-refractivity contribution < 1.29 is 19.1 Å². The first-order valence-corrected chi connectivity index (χ1v) is 10.6. The Hall–Kier alpha value is -4.04. The first-order chi connectivity index (χ1) is 15.9. The summed E-state index contributed by atoms with van der Waals surface area (Å²) in [7, 11) is 0. The van der Waals surface area contributed by atoms with Gasteiger partial charge in [0, 0.05) is 28.9 Å². The van der Waals surface area contributed by atoms with Crippen LogP contribution in [0.2, 0.25) is 0 Å². The lowest BCUT2D eigenvalue weighted by molar-refractivity contribution is -0.144. The zero-order chi connectivity index (χ0) is 23.6. The Labute approximate surface area is 196 Å². The van der Waals surface area contributed by atoms with Gasteiger partial charge in [-0.15, -0.1) is 0 Å². The number of nitrogens with one attached hydrogen (secondary N) is 2. The molecule has 3 aromatic carbocycles. The Morgan fingerprint density at radius 2 is 1.48 bits per heavy atom. The molecule has 8 heteroatoms. The standard InChI is InChI=1S/C25H23N3O4S/c26-23(33)18-8-4-9-19(14-18)25(31)28-21-11-5-10-20(15-21)24(30)27-13-12-22(29)32-16-17-6-2-1-3-7-17/h1-11,14-15H,12-13,16H2,(H2,26,33)(H,27,30)(H,28,31). The van der Waals surface area contributed by atoms with Crippen LogP contribution in [0.25, 0.3) is 0 Å². The molecule has 33 heavy (non-hydrogen) atoms. The topological polar surface area (TPSA) is 111 Å². The predicted molar refractivity (Wildman–Crippen MR) is 130 cm³/mol. The number of esters is 1. The molecule has 0 fully saturated rings. The maximum Gasteiger partial charge on any atom is 0.307 e. The van der Waals surface area contributed by atoms with Crippen LogP contribution in [-0.2, 0) is 16.1 Å². The van der Waals surface area contributed by atoms with E-state index in [0.717, 1.165) is 5.56 Å². The number of thiocarbonyl (C=S) groups is 1. The first-order valence-electron chi connectivity index (χ1n) is 10.2. The molecule has 0 aliphatic heterocycles. The fourth-order valence-electron chi connectivity index (χ4n) is 2.95. The van der Waals surface area contributed by atoms with Crippen molar-refractivity contribution in [2.45, 2.75) is 13.0 Å². The fraction of sp³-hybridized carbons (Fsp3) is 0.120. The zero-order valence-corrected chi connectivity index (χ0v) is 18.6. The van der Waals surface area contributed by atoms with Gasteiger partial charge in [0.1, 0.15) is 11.6 Å². The molecule has 0 atom stereocenters. The van der Waals surface area contributed by atoms with Crippen molar-refractivity contribution in [1.82, 2.24) is 5.32 Å². The third-order valence-corrected chi connectivity index (χ3v) is 4.88. The molecular weight excluding hydrogens is 438 g/mol. The largest absolute Gasteiger partial charge is 0.461 e. The summed E-state index contributed by atoms with van der Waals surface area (Å²) in [5.74, 6) is -1.12. The Kier molecular flexibility index (Phi) is 8.26. The van der Waals surface area contributed by atoms with E-state index in [-0.39, 0.29) is 36.4 Å². The highest BCUT2D eigenvalue weighted by Crippen LogP contribution is 2.14. The third kappa shape index (κ3) is 7.26. The SMILES string of the molecule is NC(=S)c1cccc(C(=O)Nc2cccc(C(=O)NCCC(=O)OCc3ccccc3)c2)c1. The van der Waals surface area contributed by atoms with E-state index in [2.05, 4.69) is 10.6 Å². The lowest BCUT2D eigenvalue weighted by Gasteiger charge is -2.09. The molecule has 0 bridgehead atoms. The minimum Gasteiger partial charge on any atom is -0.461 e. The number of ether oxygens (including phenoxy) is 1. The summed E-state index contributed by atoms with van der Waals surface area (Å²) in [6.07, 6.45) is 0.0499. The maximum absolute atomic E-state index is 12.5.